The van der Waals surface area contributed by atoms with Crippen LogP contribution in [0.5, 0.6) is 0 Å². The third kappa shape index (κ3) is 2.26. The van der Waals surface area contributed by atoms with Gasteiger partial charge < -0.3 is 9.47 Å². The zero-order chi connectivity index (χ0) is 14.0. The predicted molar refractivity (Wildman–Crippen MR) is 70.4 cm³/mol. The second-order valence-electron chi connectivity index (χ2n) is 4.53. The van der Waals surface area contributed by atoms with Gasteiger partial charge in [-0.25, -0.2) is 9.59 Å². The number of esters is 2. The number of fused-ring (bicyclic) bond motifs is 1. The van der Waals surface area contributed by atoms with Gasteiger partial charge in [0.1, 0.15) is 0 Å². The molecular formula is C15H16O4. The van der Waals surface area contributed by atoms with Gasteiger partial charge in [0, 0.05) is 0 Å². The first-order chi connectivity index (χ1) is 9.10. The Morgan fingerprint density at radius 2 is 1.74 bits per heavy atom. The lowest BCUT2D eigenvalue weighted by molar-refractivity contribution is -0.138. The van der Waals surface area contributed by atoms with Crippen LogP contribution in [0.2, 0.25) is 0 Å². The Hall–Kier alpha value is -2.10. The maximum Gasteiger partial charge on any atom is 0.339 e. The number of hydrogen-bond acceptors (Lipinski definition) is 4. The third-order valence-corrected chi connectivity index (χ3v) is 3.39. The molecule has 0 saturated carbocycles. The lowest BCUT2D eigenvalue weighted by Gasteiger charge is -2.25. The molecule has 0 aromatic heterocycles. The minimum absolute atomic E-state index is 0.165. The Bertz CT molecular complexity index is 557. The summed E-state index contributed by atoms with van der Waals surface area (Å²) in [6, 6.07) is 7.57. The van der Waals surface area contributed by atoms with Crippen LogP contribution in [-0.4, -0.2) is 26.2 Å². The Kier molecular flexibility index (Phi) is 3.69. The highest BCUT2D eigenvalue weighted by Crippen LogP contribution is 2.39. The Labute approximate surface area is 112 Å². The third-order valence-electron chi connectivity index (χ3n) is 3.39. The van der Waals surface area contributed by atoms with Gasteiger partial charge in [-0.15, -0.1) is 0 Å². The van der Waals surface area contributed by atoms with Crippen molar-refractivity contribution in [1.82, 2.24) is 0 Å². The second kappa shape index (κ2) is 5.26. The maximum absolute atomic E-state index is 12.0. The number of carbonyl (C=O) groups excluding carboxylic acids is 2. The zero-order valence-electron chi connectivity index (χ0n) is 11.2. The topological polar surface area (TPSA) is 52.6 Å². The molecule has 0 amide bonds. The molecule has 100 valence electrons. The van der Waals surface area contributed by atoms with E-state index in [4.69, 9.17) is 9.47 Å². The van der Waals surface area contributed by atoms with Crippen LogP contribution in [0.15, 0.2) is 29.8 Å². The molecule has 0 N–H and O–H groups in total. The maximum atomic E-state index is 12.0. The van der Waals surface area contributed by atoms with Gasteiger partial charge in [-0.1, -0.05) is 31.2 Å². The van der Waals surface area contributed by atoms with Crippen molar-refractivity contribution >= 4 is 17.5 Å². The number of benzene rings is 1. The number of ether oxygens (including phenoxy) is 2. The van der Waals surface area contributed by atoms with E-state index >= 15 is 0 Å². The lowest BCUT2D eigenvalue weighted by atomic mass is 9.79. The summed E-state index contributed by atoms with van der Waals surface area (Å²) in [5.74, 6) is -0.805. The van der Waals surface area contributed by atoms with E-state index in [1.54, 1.807) is 0 Å². The van der Waals surface area contributed by atoms with Gasteiger partial charge >= 0.3 is 11.9 Å². The van der Waals surface area contributed by atoms with Crippen LogP contribution >= 0.6 is 0 Å². The highest BCUT2D eigenvalue weighted by Gasteiger charge is 2.32. The van der Waals surface area contributed by atoms with E-state index < -0.39 is 11.9 Å². The van der Waals surface area contributed by atoms with Crippen molar-refractivity contribution in [2.75, 3.05) is 14.2 Å². The molecular weight excluding hydrogens is 244 g/mol. The van der Waals surface area contributed by atoms with Crippen LogP contribution in [0.4, 0.5) is 0 Å². The van der Waals surface area contributed by atoms with E-state index in [0.29, 0.717) is 17.6 Å². The summed E-state index contributed by atoms with van der Waals surface area (Å²) in [5.41, 5.74) is 2.52. The Morgan fingerprint density at radius 1 is 1.11 bits per heavy atom. The molecule has 0 radical (unpaired) electrons. The van der Waals surface area contributed by atoms with Crippen molar-refractivity contribution < 1.29 is 19.1 Å². The molecule has 0 heterocycles. The van der Waals surface area contributed by atoms with Gasteiger partial charge in [0.05, 0.1) is 25.4 Å². The van der Waals surface area contributed by atoms with Crippen LogP contribution in [-0.2, 0) is 19.1 Å². The van der Waals surface area contributed by atoms with E-state index in [1.807, 2.05) is 31.2 Å². The average molecular weight is 260 g/mol. The summed E-state index contributed by atoms with van der Waals surface area (Å²) in [5, 5.41) is 0. The number of carbonyl (C=O) groups is 2. The molecule has 0 spiro atoms. The van der Waals surface area contributed by atoms with Crippen molar-refractivity contribution in [1.29, 1.82) is 0 Å². The van der Waals surface area contributed by atoms with Crippen molar-refractivity contribution in [2.45, 2.75) is 19.3 Å². The van der Waals surface area contributed by atoms with Crippen molar-refractivity contribution in [3.05, 3.63) is 41.0 Å². The van der Waals surface area contributed by atoms with Gasteiger partial charge in [0.2, 0.25) is 0 Å². The summed E-state index contributed by atoms with van der Waals surface area (Å²) in [7, 11) is 2.63. The summed E-state index contributed by atoms with van der Waals surface area (Å²) >= 11 is 0. The van der Waals surface area contributed by atoms with Crippen LogP contribution < -0.4 is 0 Å². The molecule has 0 fully saturated rings. The molecule has 4 heteroatoms. The van der Waals surface area contributed by atoms with E-state index in [1.165, 1.54) is 14.2 Å². The summed E-state index contributed by atoms with van der Waals surface area (Å²) in [6.07, 6.45) is 0.480. The number of methoxy groups -OCH3 is 2. The molecule has 1 unspecified atom stereocenters. The van der Waals surface area contributed by atoms with Gasteiger partial charge in [0.15, 0.2) is 0 Å². The smallest absolute Gasteiger partial charge is 0.339 e. The van der Waals surface area contributed by atoms with Crippen LogP contribution in [0.25, 0.3) is 5.57 Å². The molecule has 1 aliphatic carbocycles. The van der Waals surface area contributed by atoms with Gasteiger partial charge in [0.25, 0.3) is 0 Å². The molecule has 1 atom stereocenters. The van der Waals surface area contributed by atoms with Crippen LogP contribution in [0.1, 0.15) is 30.4 Å². The highest BCUT2D eigenvalue weighted by atomic mass is 16.5. The molecule has 2 rings (SSSR count). The number of rotatable bonds is 2. The minimum atomic E-state index is -0.500. The van der Waals surface area contributed by atoms with Gasteiger partial charge in [-0.05, 0) is 23.5 Å². The predicted octanol–water partition coefficient (Wildman–Crippen LogP) is 2.29. The summed E-state index contributed by atoms with van der Waals surface area (Å²) in [6.45, 7) is 2.02. The second-order valence-corrected chi connectivity index (χ2v) is 4.53. The SMILES string of the molecule is COC(=O)C1=C(C(=O)OC)c2ccccc2C(C)C1. The normalized spacial score (nSPS) is 17.7. The molecule has 0 saturated heterocycles. The van der Waals surface area contributed by atoms with E-state index in [9.17, 15) is 9.59 Å². The molecule has 4 nitrogen and oxygen atoms in total. The number of hydrogen-bond donors (Lipinski definition) is 0. The summed E-state index contributed by atoms with van der Waals surface area (Å²) in [4.78, 5) is 23.8. The fourth-order valence-electron chi connectivity index (χ4n) is 2.48. The molecule has 19 heavy (non-hydrogen) atoms. The Balaban J connectivity index is 2.67. The standard InChI is InChI=1S/C15H16O4/c1-9-8-12(14(16)18-2)13(15(17)19-3)11-7-5-4-6-10(9)11/h4-7,9H,8H2,1-3H3. The monoisotopic (exact) mass is 260 g/mol. The van der Waals surface area contributed by atoms with E-state index in [0.717, 1.165) is 11.1 Å². The average Bonchev–Trinajstić information content (AvgIpc) is 2.45. The van der Waals surface area contributed by atoms with E-state index in [2.05, 4.69) is 0 Å². The van der Waals surface area contributed by atoms with Crippen LogP contribution in [0, 0.1) is 0 Å². The first-order valence-electron chi connectivity index (χ1n) is 6.09. The lowest BCUT2D eigenvalue weighted by Crippen LogP contribution is -2.20. The quantitative estimate of drug-likeness (QED) is 0.766. The zero-order valence-corrected chi connectivity index (χ0v) is 11.2. The fraction of sp³-hybridized carbons (Fsp3) is 0.333. The van der Waals surface area contributed by atoms with Crippen molar-refractivity contribution in [3.63, 3.8) is 0 Å². The van der Waals surface area contributed by atoms with Gasteiger partial charge in [-0.2, -0.15) is 0 Å². The molecule has 0 bridgehead atoms. The van der Waals surface area contributed by atoms with Crippen molar-refractivity contribution in [3.8, 4) is 0 Å². The summed E-state index contributed by atoms with van der Waals surface area (Å²) < 4.78 is 9.58. The fourth-order valence-corrected chi connectivity index (χ4v) is 2.48. The molecule has 1 aromatic carbocycles. The highest BCUT2D eigenvalue weighted by molar-refractivity contribution is 6.23. The molecule has 1 aromatic rings. The molecule has 0 aliphatic heterocycles. The van der Waals surface area contributed by atoms with Crippen LogP contribution in [0.3, 0.4) is 0 Å². The van der Waals surface area contributed by atoms with Crippen molar-refractivity contribution in [2.24, 2.45) is 0 Å². The minimum Gasteiger partial charge on any atom is -0.466 e. The first-order valence-corrected chi connectivity index (χ1v) is 6.09. The Morgan fingerprint density at radius 3 is 2.37 bits per heavy atom. The largest absolute Gasteiger partial charge is 0.466 e. The van der Waals surface area contributed by atoms with E-state index in [-0.39, 0.29) is 5.92 Å². The molecule has 1 aliphatic rings. The first kappa shape index (κ1) is 13.3. The van der Waals surface area contributed by atoms with Gasteiger partial charge in [-0.3, -0.25) is 0 Å².